The zero-order valence-corrected chi connectivity index (χ0v) is 11.1. The van der Waals surface area contributed by atoms with Gasteiger partial charge in [-0.2, -0.15) is 0 Å². The number of rotatable bonds is 9. The molecule has 0 aromatic carbocycles. The van der Waals surface area contributed by atoms with Crippen molar-refractivity contribution in [2.45, 2.75) is 39.0 Å². The van der Waals surface area contributed by atoms with Crippen LogP contribution in [0, 0.1) is 0 Å². The van der Waals surface area contributed by atoms with Crippen molar-refractivity contribution in [2.75, 3.05) is 20.1 Å². The minimum absolute atomic E-state index is 0.0777. The third kappa shape index (κ3) is 9.62. The summed E-state index contributed by atoms with van der Waals surface area (Å²) in [6.07, 6.45) is 3.47. The smallest absolute Gasteiger partial charge is 0.303 e. The monoisotopic (exact) mass is 258 g/mol. The Kier molecular flexibility index (Phi) is 8.61. The van der Waals surface area contributed by atoms with Crippen LogP contribution in [0.3, 0.4) is 0 Å². The second-order valence-corrected chi connectivity index (χ2v) is 4.28. The van der Waals surface area contributed by atoms with Crippen LogP contribution in [-0.2, 0) is 14.4 Å². The van der Waals surface area contributed by atoms with Crippen molar-refractivity contribution in [2.24, 2.45) is 0 Å². The Morgan fingerprint density at radius 1 is 1.11 bits per heavy atom. The molecule has 0 fully saturated rings. The third-order valence-electron chi connectivity index (χ3n) is 2.56. The van der Waals surface area contributed by atoms with Gasteiger partial charge in [-0.05, 0) is 12.8 Å². The molecule has 0 rings (SSSR count). The maximum atomic E-state index is 11.4. The molecule has 0 spiro atoms. The summed E-state index contributed by atoms with van der Waals surface area (Å²) in [6.45, 7) is 2.06. The van der Waals surface area contributed by atoms with E-state index in [0.29, 0.717) is 13.0 Å². The molecule has 0 aromatic heterocycles. The van der Waals surface area contributed by atoms with Gasteiger partial charge in [-0.1, -0.05) is 12.8 Å². The van der Waals surface area contributed by atoms with Gasteiger partial charge in [-0.3, -0.25) is 14.4 Å². The Balaban J connectivity index is 3.41. The first-order valence-corrected chi connectivity index (χ1v) is 6.13. The summed E-state index contributed by atoms with van der Waals surface area (Å²) >= 11 is 0. The van der Waals surface area contributed by atoms with Gasteiger partial charge in [-0.15, -0.1) is 0 Å². The van der Waals surface area contributed by atoms with E-state index in [1.807, 2.05) is 0 Å². The highest BCUT2D eigenvalue weighted by Gasteiger charge is 2.07. The van der Waals surface area contributed by atoms with Crippen molar-refractivity contribution in [3.8, 4) is 0 Å². The predicted molar refractivity (Wildman–Crippen MR) is 67.0 cm³/mol. The maximum Gasteiger partial charge on any atom is 0.303 e. The molecule has 2 N–H and O–H groups in total. The van der Waals surface area contributed by atoms with Crippen LogP contribution in [0.1, 0.15) is 39.0 Å². The van der Waals surface area contributed by atoms with Crippen LogP contribution >= 0.6 is 0 Å². The molecule has 6 heteroatoms. The molecule has 0 aliphatic heterocycles. The van der Waals surface area contributed by atoms with Crippen molar-refractivity contribution in [1.29, 1.82) is 0 Å². The molecule has 0 saturated heterocycles. The number of carboxylic acids is 1. The fourth-order valence-electron chi connectivity index (χ4n) is 1.37. The average Bonchev–Trinajstić information content (AvgIpc) is 2.27. The van der Waals surface area contributed by atoms with E-state index in [-0.39, 0.29) is 24.8 Å². The van der Waals surface area contributed by atoms with Crippen LogP contribution in [-0.4, -0.2) is 47.9 Å². The average molecular weight is 258 g/mol. The standard InChI is InChI=1S/C12H22N2O4/c1-10(15)14(2)9-11(16)13-8-6-4-3-5-7-12(17)18/h3-9H2,1-2H3,(H,13,16)(H,17,18). The molecular weight excluding hydrogens is 236 g/mol. The molecule has 0 aliphatic carbocycles. The van der Waals surface area contributed by atoms with Crippen molar-refractivity contribution in [3.63, 3.8) is 0 Å². The highest BCUT2D eigenvalue weighted by Crippen LogP contribution is 2.02. The highest BCUT2D eigenvalue weighted by atomic mass is 16.4. The number of carbonyl (C=O) groups excluding carboxylic acids is 2. The molecule has 104 valence electrons. The van der Waals surface area contributed by atoms with Crippen molar-refractivity contribution in [1.82, 2.24) is 10.2 Å². The van der Waals surface area contributed by atoms with E-state index >= 15 is 0 Å². The Morgan fingerprint density at radius 2 is 1.72 bits per heavy atom. The van der Waals surface area contributed by atoms with E-state index in [1.165, 1.54) is 11.8 Å². The minimum Gasteiger partial charge on any atom is -0.481 e. The molecule has 0 atom stereocenters. The van der Waals surface area contributed by atoms with Crippen LogP contribution in [0.15, 0.2) is 0 Å². The van der Waals surface area contributed by atoms with Crippen LogP contribution in [0.2, 0.25) is 0 Å². The van der Waals surface area contributed by atoms with Crippen molar-refractivity contribution < 1.29 is 19.5 Å². The van der Waals surface area contributed by atoms with E-state index in [9.17, 15) is 14.4 Å². The second-order valence-electron chi connectivity index (χ2n) is 4.28. The molecule has 0 unspecified atom stereocenters. The molecule has 0 aromatic rings. The first-order chi connectivity index (χ1) is 8.43. The Labute approximate surface area is 107 Å². The van der Waals surface area contributed by atoms with E-state index in [0.717, 1.165) is 19.3 Å². The van der Waals surface area contributed by atoms with Crippen LogP contribution in [0.5, 0.6) is 0 Å². The number of hydrogen-bond acceptors (Lipinski definition) is 3. The Hall–Kier alpha value is -1.59. The first-order valence-electron chi connectivity index (χ1n) is 6.13. The zero-order chi connectivity index (χ0) is 14.0. The predicted octanol–water partition coefficient (Wildman–Crippen LogP) is 0.616. The van der Waals surface area contributed by atoms with Gasteiger partial charge in [0.05, 0.1) is 6.54 Å². The largest absolute Gasteiger partial charge is 0.481 e. The molecular formula is C12H22N2O4. The summed E-state index contributed by atoms with van der Waals surface area (Å²) < 4.78 is 0. The van der Waals surface area contributed by atoms with Gasteiger partial charge in [-0.25, -0.2) is 0 Å². The fraction of sp³-hybridized carbons (Fsp3) is 0.750. The summed E-state index contributed by atoms with van der Waals surface area (Å²) in [6, 6.07) is 0. The topological polar surface area (TPSA) is 86.7 Å². The minimum atomic E-state index is -0.768. The number of carbonyl (C=O) groups is 3. The van der Waals surface area contributed by atoms with Gasteiger partial charge in [0.25, 0.3) is 0 Å². The Morgan fingerprint density at radius 3 is 2.28 bits per heavy atom. The second kappa shape index (κ2) is 9.44. The molecule has 2 amide bonds. The van der Waals surface area contributed by atoms with Crippen molar-refractivity contribution >= 4 is 17.8 Å². The first kappa shape index (κ1) is 16.4. The lowest BCUT2D eigenvalue weighted by Gasteiger charge is -2.14. The van der Waals surface area contributed by atoms with Crippen molar-refractivity contribution in [3.05, 3.63) is 0 Å². The van der Waals surface area contributed by atoms with Gasteiger partial charge in [0, 0.05) is 26.9 Å². The maximum absolute atomic E-state index is 11.4. The summed E-state index contributed by atoms with van der Waals surface area (Å²) in [4.78, 5) is 33.8. The van der Waals surface area contributed by atoms with Gasteiger partial charge >= 0.3 is 5.97 Å². The number of aliphatic carboxylic acids is 1. The van der Waals surface area contributed by atoms with Crippen LogP contribution in [0.4, 0.5) is 0 Å². The molecule has 0 bridgehead atoms. The number of nitrogens with zero attached hydrogens (tertiary/aromatic N) is 1. The summed E-state index contributed by atoms with van der Waals surface area (Å²) in [5.41, 5.74) is 0. The summed E-state index contributed by atoms with van der Waals surface area (Å²) in [7, 11) is 1.58. The molecule has 0 radical (unpaired) electrons. The quantitative estimate of drug-likeness (QED) is 0.593. The normalized spacial score (nSPS) is 9.89. The Bertz CT molecular complexity index is 292. The lowest BCUT2D eigenvalue weighted by molar-refractivity contribution is -0.137. The van der Waals surface area contributed by atoms with Gasteiger partial charge in [0.15, 0.2) is 0 Å². The molecule has 0 saturated carbocycles. The lowest BCUT2D eigenvalue weighted by Crippen LogP contribution is -2.37. The number of amides is 2. The van der Waals surface area contributed by atoms with E-state index in [4.69, 9.17) is 5.11 Å². The van der Waals surface area contributed by atoms with Gasteiger partial charge in [0.1, 0.15) is 0 Å². The fourth-order valence-corrected chi connectivity index (χ4v) is 1.37. The number of unbranched alkanes of at least 4 members (excludes halogenated alkanes) is 3. The third-order valence-corrected chi connectivity index (χ3v) is 2.56. The number of likely N-dealkylation sites (N-methyl/N-ethyl adjacent to an activating group) is 1. The number of hydrogen-bond donors (Lipinski definition) is 2. The van der Waals surface area contributed by atoms with Crippen LogP contribution < -0.4 is 5.32 Å². The molecule has 0 aliphatic rings. The summed E-state index contributed by atoms with van der Waals surface area (Å²) in [5.74, 6) is -1.08. The zero-order valence-electron chi connectivity index (χ0n) is 11.1. The van der Waals surface area contributed by atoms with E-state index in [2.05, 4.69) is 5.32 Å². The van der Waals surface area contributed by atoms with E-state index in [1.54, 1.807) is 7.05 Å². The van der Waals surface area contributed by atoms with Gasteiger partial charge < -0.3 is 15.3 Å². The van der Waals surface area contributed by atoms with Crippen LogP contribution in [0.25, 0.3) is 0 Å². The molecule has 18 heavy (non-hydrogen) atoms. The van der Waals surface area contributed by atoms with E-state index < -0.39 is 5.97 Å². The number of carboxylic acid groups (broad SMARTS) is 1. The van der Waals surface area contributed by atoms with Gasteiger partial charge in [0.2, 0.25) is 11.8 Å². The molecule has 0 heterocycles. The SMILES string of the molecule is CC(=O)N(C)CC(=O)NCCCCCCC(=O)O. The molecule has 6 nitrogen and oxygen atoms in total. The highest BCUT2D eigenvalue weighted by molar-refractivity contribution is 5.83. The number of nitrogens with one attached hydrogen (secondary N) is 1. The lowest BCUT2D eigenvalue weighted by atomic mass is 10.1. The summed E-state index contributed by atoms with van der Waals surface area (Å²) in [5, 5.41) is 11.1.